The number of pyridine rings is 1. The van der Waals surface area contributed by atoms with Gasteiger partial charge in [0.05, 0.1) is 13.2 Å². The van der Waals surface area contributed by atoms with E-state index in [1.165, 1.54) is 11.1 Å². The van der Waals surface area contributed by atoms with Crippen LogP contribution in [0.15, 0.2) is 30.6 Å². The molecule has 17 heavy (non-hydrogen) atoms. The van der Waals surface area contributed by atoms with Crippen LogP contribution in [0.25, 0.3) is 5.52 Å². The van der Waals surface area contributed by atoms with Crippen molar-refractivity contribution in [2.45, 2.75) is 12.7 Å². The quantitative estimate of drug-likeness (QED) is 0.872. The van der Waals surface area contributed by atoms with E-state index in [0.717, 1.165) is 12.0 Å². The van der Waals surface area contributed by atoms with E-state index in [1.54, 1.807) is 0 Å². The first kappa shape index (κ1) is 10.8. The smallest absolute Gasteiger partial charge is 0.184 e. The van der Waals surface area contributed by atoms with E-state index in [2.05, 4.69) is 22.7 Å². The molecule has 2 N–H and O–H groups in total. The van der Waals surface area contributed by atoms with Crippen molar-refractivity contribution in [3.05, 3.63) is 41.7 Å². The van der Waals surface area contributed by atoms with Crippen LogP contribution >= 0.6 is 0 Å². The molecule has 0 aliphatic carbocycles. The Bertz CT molecular complexity index is 515. The molecule has 3 heterocycles. The molecule has 4 heteroatoms. The molecule has 0 amide bonds. The fourth-order valence-electron chi connectivity index (χ4n) is 2.24. The van der Waals surface area contributed by atoms with E-state index in [4.69, 9.17) is 15.2 Å². The molecule has 4 nitrogen and oxygen atoms in total. The molecule has 0 atom stereocenters. The highest BCUT2D eigenvalue weighted by molar-refractivity contribution is 5.57. The summed E-state index contributed by atoms with van der Waals surface area (Å²) in [6.45, 7) is 2.01. The van der Waals surface area contributed by atoms with Gasteiger partial charge in [0.2, 0.25) is 0 Å². The lowest BCUT2D eigenvalue weighted by atomic mass is 10.1. The van der Waals surface area contributed by atoms with E-state index in [1.807, 2.05) is 12.3 Å². The van der Waals surface area contributed by atoms with Gasteiger partial charge in [-0.15, -0.1) is 0 Å². The van der Waals surface area contributed by atoms with Crippen LogP contribution in [0.3, 0.4) is 0 Å². The molecule has 1 aliphatic rings. The molecule has 2 aromatic heterocycles. The number of rotatable bonds is 3. The maximum Gasteiger partial charge on any atom is 0.184 e. The lowest BCUT2D eigenvalue weighted by molar-refractivity contribution is -0.0440. The van der Waals surface area contributed by atoms with E-state index < -0.39 is 0 Å². The Balaban J connectivity index is 2.00. The first-order valence-electron chi connectivity index (χ1n) is 5.91. The van der Waals surface area contributed by atoms with Gasteiger partial charge >= 0.3 is 0 Å². The fraction of sp³-hybridized carbons (Fsp3) is 0.385. The topological polar surface area (TPSA) is 48.9 Å². The molecule has 1 saturated heterocycles. The average molecular weight is 232 g/mol. The van der Waals surface area contributed by atoms with Gasteiger partial charge in [-0.3, -0.25) is 0 Å². The van der Waals surface area contributed by atoms with Crippen molar-refractivity contribution < 1.29 is 9.47 Å². The summed E-state index contributed by atoms with van der Waals surface area (Å²) >= 11 is 0. The summed E-state index contributed by atoms with van der Waals surface area (Å²) in [6.07, 6.45) is 4.78. The normalized spacial score (nSPS) is 17.0. The molecule has 1 fully saturated rings. The van der Waals surface area contributed by atoms with Crippen molar-refractivity contribution in [2.75, 3.05) is 19.8 Å². The lowest BCUT2D eigenvalue weighted by Crippen LogP contribution is -2.03. The number of fused-ring (bicyclic) bond motifs is 1. The Labute approximate surface area is 99.9 Å². The van der Waals surface area contributed by atoms with Crippen molar-refractivity contribution in [3.8, 4) is 0 Å². The minimum absolute atomic E-state index is 0.208. The maximum absolute atomic E-state index is 5.61. The van der Waals surface area contributed by atoms with Gasteiger partial charge in [-0.2, -0.15) is 0 Å². The summed E-state index contributed by atoms with van der Waals surface area (Å²) < 4.78 is 13.1. The fourth-order valence-corrected chi connectivity index (χ4v) is 2.24. The molecular formula is C13H16N2O2. The van der Waals surface area contributed by atoms with Gasteiger partial charge in [0, 0.05) is 23.5 Å². The maximum atomic E-state index is 5.61. The zero-order chi connectivity index (χ0) is 11.7. The van der Waals surface area contributed by atoms with Gasteiger partial charge in [-0.1, -0.05) is 0 Å². The molecule has 0 bridgehead atoms. The van der Waals surface area contributed by atoms with Gasteiger partial charge in [-0.05, 0) is 36.7 Å². The third-order valence-corrected chi connectivity index (χ3v) is 3.08. The summed E-state index contributed by atoms with van der Waals surface area (Å²) in [6, 6.07) is 6.28. The van der Waals surface area contributed by atoms with Crippen LogP contribution in [0.2, 0.25) is 0 Å². The van der Waals surface area contributed by atoms with Crippen LogP contribution < -0.4 is 5.73 Å². The van der Waals surface area contributed by atoms with Crippen molar-refractivity contribution in [1.82, 2.24) is 4.40 Å². The Morgan fingerprint density at radius 2 is 2.00 bits per heavy atom. The zero-order valence-electron chi connectivity index (χ0n) is 9.63. The highest BCUT2D eigenvalue weighted by Gasteiger charge is 2.18. The summed E-state index contributed by atoms with van der Waals surface area (Å²) in [5.74, 6) is 0. The Kier molecular flexibility index (Phi) is 2.84. The van der Waals surface area contributed by atoms with Gasteiger partial charge in [0.1, 0.15) is 0 Å². The van der Waals surface area contributed by atoms with Gasteiger partial charge in [0.25, 0.3) is 0 Å². The van der Waals surface area contributed by atoms with Crippen LogP contribution in [0.1, 0.15) is 17.4 Å². The molecule has 3 rings (SSSR count). The molecule has 90 valence electrons. The van der Waals surface area contributed by atoms with E-state index in [-0.39, 0.29) is 6.29 Å². The summed E-state index contributed by atoms with van der Waals surface area (Å²) in [4.78, 5) is 0. The number of hydrogen-bond donors (Lipinski definition) is 1. The third-order valence-electron chi connectivity index (χ3n) is 3.08. The Morgan fingerprint density at radius 3 is 2.76 bits per heavy atom. The highest BCUT2D eigenvalue weighted by atomic mass is 16.7. The number of nitrogens with zero attached hydrogens (tertiary/aromatic N) is 1. The molecule has 0 radical (unpaired) electrons. The zero-order valence-corrected chi connectivity index (χ0v) is 9.63. The number of nitrogens with two attached hydrogens (primary N) is 1. The van der Waals surface area contributed by atoms with Gasteiger partial charge in [-0.25, -0.2) is 0 Å². The third kappa shape index (κ3) is 1.95. The average Bonchev–Trinajstić information content (AvgIpc) is 2.98. The number of ether oxygens (including phenoxy) is 2. The van der Waals surface area contributed by atoms with E-state index >= 15 is 0 Å². The molecule has 0 aromatic carbocycles. The number of hydrogen-bond acceptors (Lipinski definition) is 3. The van der Waals surface area contributed by atoms with Crippen molar-refractivity contribution >= 4 is 5.52 Å². The molecule has 0 spiro atoms. The van der Waals surface area contributed by atoms with Gasteiger partial charge < -0.3 is 19.6 Å². The lowest BCUT2D eigenvalue weighted by Gasteiger charge is -2.10. The van der Waals surface area contributed by atoms with Crippen LogP contribution in [0, 0.1) is 0 Å². The van der Waals surface area contributed by atoms with Crippen molar-refractivity contribution in [2.24, 2.45) is 5.73 Å². The Hall–Kier alpha value is -1.36. The summed E-state index contributed by atoms with van der Waals surface area (Å²) in [5.41, 5.74) is 9.15. The van der Waals surface area contributed by atoms with Gasteiger partial charge in [0.15, 0.2) is 6.29 Å². The first-order valence-corrected chi connectivity index (χ1v) is 5.91. The van der Waals surface area contributed by atoms with Crippen LogP contribution in [0.5, 0.6) is 0 Å². The monoisotopic (exact) mass is 232 g/mol. The summed E-state index contributed by atoms with van der Waals surface area (Å²) in [7, 11) is 0. The first-order chi connectivity index (χ1) is 8.38. The van der Waals surface area contributed by atoms with Crippen LogP contribution in [-0.4, -0.2) is 24.2 Å². The van der Waals surface area contributed by atoms with Crippen LogP contribution in [-0.2, 0) is 15.9 Å². The molecule has 0 saturated carbocycles. The standard InChI is InChI=1S/C13H16N2O2/c14-4-1-10-2-5-15-6-3-11(9-12(10)15)13-16-7-8-17-13/h2-3,5-6,9,13H,1,4,7-8,14H2. The van der Waals surface area contributed by atoms with Crippen molar-refractivity contribution in [1.29, 1.82) is 0 Å². The predicted octanol–water partition coefficient (Wildman–Crippen LogP) is 1.49. The SMILES string of the molecule is NCCc1ccn2ccc(C3OCCO3)cc12. The minimum Gasteiger partial charge on any atom is -0.346 e. The molecule has 2 aromatic rings. The van der Waals surface area contributed by atoms with Crippen molar-refractivity contribution in [3.63, 3.8) is 0 Å². The van der Waals surface area contributed by atoms with Crippen LogP contribution in [0.4, 0.5) is 0 Å². The second kappa shape index (κ2) is 4.49. The summed E-state index contributed by atoms with van der Waals surface area (Å²) in [5, 5.41) is 0. The second-order valence-corrected chi connectivity index (χ2v) is 4.21. The minimum atomic E-state index is -0.208. The number of aromatic nitrogens is 1. The predicted molar refractivity (Wildman–Crippen MR) is 64.8 cm³/mol. The highest BCUT2D eigenvalue weighted by Crippen LogP contribution is 2.25. The second-order valence-electron chi connectivity index (χ2n) is 4.21. The largest absolute Gasteiger partial charge is 0.346 e. The molecular weight excluding hydrogens is 216 g/mol. The van der Waals surface area contributed by atoms with E-state index in [0.29, 0.717) is 19.8 Å². The molecule has 0 unspecified atom stereocenters. The van der Waals surface area contributed by atoms with E-state index in [9.17, 15) is 0 Å². The Morgan fingerprint density at radius 1 is 1.24 bits per heavy atom. The molecule has 1 aliphatic heterocycles.